The number of nitrogens with zero attached hydrogens (tertiary/aromatic N) is 1. The van der Waals surface area contributed by atoms with Gasteiger partial charge in [0.1, 0.15) is 6.04 Å². The Morgan fingerprint density at radius 2 is 2.18 bits per heavy atom. The molecule has 1 rings (SSSR count). The standard InChI is InChI=1S/C12H22N2O3/c1-3-6-13-10(15)8-14-7-4-5-9(2)11(14)12(16)17/h9,11H,3-8H2,1-2H3,(H,13,15)(H,16,17). The predicted molar refractivity (Wildman–Crippen MR) is 64.7 cm³/mol. The molecule has 1 heterocycles. The molecule has 1 amide bonds. The van der Waals surface area contributed by atoms with E-state index in [1.54, 1.807) is 4.90 Å². The zero-order valence-electron chi connectivity index (χ0n) is 10.6. The highest BCUT2D eigenvalue weighted by Gasteiger charge is 2.34. The summed E-state index contributed by atoms with van der Waals surface area (Å²) in [6, 6.07) is -0.517. The molecule has 0 bridgehead atoms. The maximum absolute atomic E-state index is 11.6. The first-order valence-electron chi connectivity index (χ1n) is 6.29. The Hall–Kier alpha value is -1.10. The summed E-state index contributed by atoms with van der Waals surface area (Å²) in [6.45, 7) is 5.47. The van der Waals surface area contributed by atoms with Gasteiger partial charge in [-0.1, -0.05) is 13.8 Å². The normalized spacial score (nSPS) is 25.5. The fourth-order valence-corrected chi connectivity index (χ4v) is 2.35. The van der Waals surface area contributed by atoms with Crippen LogP contribution in [0.1, 0.15) is 33.1 Å². The fourth-order valence-electron chi connectivity index (χ4n) is 2.35. The first kappa shape index (κ1) is 14.0. The van der Waals surface area contributed by atoms with Gasteiger partial charge in [0, 0.05) is 6.54 Å². The molecule has 0 aromatic rings. The second-order valence-electron chi connectivity index (χ2n) is 4.72. The number of carboxylic acid groups (broad SMARTS) is 1. The molecular weight excluding hydrogens is 220 g/mol. The molecule has 0 radical (unpaired) electrons. The molecule has 2 N–H and O–H groups in total. The number of hydrogen-bond donors (Lipinski definition) is 2. The van der Waals surface area contributed by atoms with Crippen LogP contribution in [0.25, 0.3) is 0 Å². The molecule has 0 aromatic carbocycles. The van der Waals surface area contributed by atoms with Crippen LogP contribution in [0, 0.1) is 5.92 Å². The maximum Gasteiger partial charge on any atom is 0.321 e. The van der Waals surface area contributed by atoms with Crippen LogP contribution in [0.2, 0.25) is 0 Å². The van der Waals surface area contributed by atoms with Gasteiger partial charge in [0.25, 0.3) is 0 Å². The van der Waals surface area contributed by atoms with Crippen molar-refractivity contribution in [2.75, 3.05) is 19.6 Å². The van der Waals surface area contributed by atoms with E-state index in [4.69, 9.17) is 0 Å². The number of aliphatic carboxylic acids is 1. The lowest BCUT2D eigenvalue weighted by molar-refractivity contribution is -0.147. The molecule has 0 spiro atoms. The Morgan fingerprint density at radius 3 is 2.76 bits per heavy atom. The number of hydrogen-bond acceptors (Lipinski definition) is 3. The monoisotopic (exact) mass is 242 g/mol. The van der Waals surface area contributed by atoms with Gasteiger partial charge in [-0.25, -0.2) is 0 Å². The van der Waals surface area contributed by atoms with Crippen molar-refractivity contribution in [3.05, 3.63) is 0 Å². The van der Waals surface area contributed by atoms with Crippen molar-refractivity contribution >= 4 is 11.9 Å². The summed E-state index contributed by atoms with van der Waals surface area (Å²) in [4.78, 5) is 24.6. The molecule has 0 saturated carbocycles. The Kier molecular flexibility index (Phi) is 5.41. The molecule has 0 aliphatic carbocycles. The van der Waals surface area contributed by atoms with Crippen molar-refractivity contribution in [2.45, 2.75) is 39.2 Å². The van der Waals surface area contributed by atoms with Gasteiger partial charge < -0.3 is 10.4 Å². The van der Waals surface area contributed by atoms with Crippen molar-refractivity contribution < 1.29 is 14.7 Å². The lowest BCUT2D eigenvalue weighted by atomic mass is 9.91. The lowest BCUT2D eigenvalue weighted by Gasteiger charge is -2.36. The molecule has 2 unspecified atom stereocenters. The highest BCUT2D eigenvalue weighted by molar-refractivity contribution is 5.80. The first-order valence-corrected chi connectivity index (χ1v) is 6.29. The van der Waals surface area contributed by atoms with Crippen LogP contribution in [0.3, 0.4) is 0 Å². The van der Waals surface area contributed by atoms with Crippen LogP contribution < -0.4 is 5.32 Å². The number of likely N-dealkylation sites (tertiary alicyclic amines) is 1. The highest BCUT2D eigenvalue weighted by Crippen LogP contribution is 2.23. The molecule has 1 saturated heterocycles. The van der Waals surface area contributed by atoms with Crippen LogP contribution in [0.5, 0.6) is 0 Å². The van der Waals surface area contributed by atoms with Gasteiger partial charge in [-0.15, -0.1) is 0 Å². The third-order valence-electron chi connectivity index (χ3n) is 3.21. The van der Waals surface area contributed by atoms with Gasteiger partial charge in [0.2, 0.25) is 5.91 Å². The minimum Gasteiger partial charge on any atom is -0.480 e. The molecule has 5 nitrogen and oxygen atoms in total. The number of carbonyl (C=O) groups is 2. The first-order chi connectivity index (χ1) is 8.06. The van der Waals surface area contributed by atoms with E-state index in [0.29, 0.717) is 13.1 Å². The quantitative estimate of drug-likeness (QED) is 0.744. The summed E-state index contributed by atoms with van der Waals surface area (Å²) < 4.78 is 0. The van der Waals surface area contributed by atoms with Crippen LogP contribution in [-0.4, -0.2) is 47.6 Å². The van der Waals surface area contributed by atoms with E-state index in [2.05, 4.69) is 5.32 Å². The lowest BCUT2D eigenvalue weighted by Crippen LogP contribution is -2.52. The van der Waals surface area contributed by atoms with Gasteiger partial charge in [-0.3, -0.25) is 14.5 Å². The van der Waals surface area contributed by atoms with E-state index in [0.717, 1.165) is 19.3 Å². The number of rotatable bonds is 5. The van der Waals surface area contributed by atoms with Crippen molar-refractivity contribution in [3.8, 4) is 0 Å². The van der Waals surface area contributed by atoms with Crippen LogP contribution in [-0.2, 0) is 9.59 Å². The van der Waals surface area contributed by atoms with E-state index < -0.39 is 12.0 Å². The zero-order chi connectivity index (χ0) is 12.8. The fraction of sp³-hybridized carbons (Fsp3) is 0.833. The second kappa shape index (κ2) is 6.59. The summed E-state index contributed by atoms with van der Waals surface area (Å²) in [5.41, 5.74) is 0. The smallest absolute Gasteiger partial charge is 0.321 e. The molecular formula is C12H22N2O3. The highest BCUT2D eigenvalue weighted by atomic mass is 16.4. The number of amides is 1. The molecule has 1 aliphatic rings. The van der Waals surface area contributed by atoms with Crippen molar-refractivity contribution in [1.82, 2.24) is 10.2 Å². The Morgan fingerprint density at radius 1 is 1.47 bits per heavy atom. The van der Waals surface area contributed by atoms with Gasteiger partial charge in [0.05, 0.1) is 6.54 Å². The minimum absolute atomic E-state index is 0.0767. The Bertz CT molecular complexity index is 281. The Balaban J connectivity index is 2.54. The Labute approximate surface area is 102 Å². The second-order valence-corrected chi connectivity index (χ2v) is 4.72. The van der Waals surface area contributed by atoms with Gasteiger partial charge in [0.15, 0.2) is 0 Å². The number of carboxylic acids is 1. The SMILES string of the molecule is CCCNC(=O)CN1CCCC(C)C1C(=O)O. The topological polar surface area (TPSA) is 69.6 Å². The number of nitrogens with one attached hydrogen (secondary N) is 1. The summed E-state index contributed by atoms with van der Waals surface area (Å²) in [5, 5.41) is 12.0. The summed E-state index contributed by atoms with van der Waals surface area (Å²) >= 11 is 0. The van der Waals surface area contributed by atoms with Gasteiger partial charge in [-0.2, -0.15) is 0 Å². The van der Waals surface area contributed by atoms with Crippen molar-refractivity contribution in [1.29, 1.82) is 0 Å². The molecule has 0 aromatic heterocycles. The van der Waals surface area contributed by atoms with E-state index in [1.165, 1.54) is 0 Å². The van der Waals surface area contributed by atoms with E-state index in [-0.39, 0.29) is 18.4 Å². The largest absolute Gasteiger partial charge is 0.480 e. The third kappa shape index (κ3) is 4.00. The molecule has 1 fully saturated rings. The van der Waals surface area contributed by atoms with Gasteiger partial charge in [-0.05, 0) is 31.7 Å². The average Bonchev–Trinajstić information content (AvgIpc) is 2.25. The number of carbonyl (C=O) groups excluding carboxylic acids is 1. The third-order valence-corrected chi connectivity index (χ3v) is 3.21. The summed E-state index contributed by atoms with van der Waals surface area (Å²) in [6.07, 6.45) is 2.78. The van der Waals surface area contributed by atoms with Crippen molar-refractivity contribution in [2.24, 2.45) is 5.92 Å². The average molecular weight is 242 g/mol. The molecule has 2 atom stereocenters. The van der Waals surface area contributed by atoms with Crippen LogP contribution in [0.4, 0.5) is 0 Å². The molecule has 98 valence electrons. The molecule has 1 aliphatic heterocycles. The van der Waals surface area contributed by atoms with Crippen molar-refractivity contribution in [3.63, 3.8) is 0 Å². The van der Waals surface area contributed by atoms with Crippen LogP contribution in [0.15, 0.2) is 0 Å². The molecule has 17 heavy (non-hydrogen) atoms. The van der Waals surface area contributed by atoms with Gasteiger partial charge >= 0.3 is 5.97 Å². The maximum atomic E-state index is 11.6. The summed E-state index contributed by atoms with van der Waals surface area (Å²) in [5.74, 6) is -0.784. The zero-order valence-corrected chi connectivity index (χ0v) is 10.6. The van der Waals surface area contributed by atoms with E-state index >= 15 is 0 Å². The van der Waals surface area contributed by atoms with E-state index in [9.17, 15) is 14.7 Å². The van der Waals surface area contributed by atoms with E-state index in [1.807, 2.05) is 13.8 Å². The molecule has 5 heteroatoms. The predicted octanol–water partition coefficient (Wildman–Crippen LogP) is 0.698. The van der Waals surface area contributed by atoms with Crippen LogP contribution >= 0.6 is 0 Å². The minimum atomic E-state index is -0.819. The number of piperidine rings is 1. The summed E-state index contributed by atoms with van der Waals surface area (Å²) in [7, 11) is 0.